The monoisotopic (exact) mass is 376 g/mol. The van der Waals surface area contributed by atoms with Gasteiger partial charge in [-0.2, -0.15) is 8.78 Å². The first kappa shape index (κ1) is 16.6. The van der Waals surface area contributed by atoms with Gasteiger partial charge in [-0.25, -0.2) is 14.5 Å². The number of hydrogen-bond acceptors (Lipinski definition) is 6. The summed E-state index contributed by atoms with van der Waals surface area (Å²) >= 11 is 1.61. The van der Waals surface area contributed by atoms with Gasteiger partial charge in [0.2, 0.25) is 0 Å². The summed E-state index contributed by atoms with van der Waals surface area (Å²) in [5.74, 6) is 0.598. The first-order valence-electron chi connectivity index (χ1n) is 7.72. The van der Waals surface area contributed by atoms with Gasteiger partial charge in [-0.1, -0.05) is 0 Å². The smallest absolute Gasteiger partial charge is 0.387 e. The molecule has 0 saturated carbocycles. The fourth-order valence-electron chi connectivity index (χ4n) is 2.77. The maximum Gasteiger partial charge on any atom is 0.387 e. The topological polar surface area (TPSA) is 61.5 Å². The Labute approximate surface area is 151 Å². The van der Waals surface area contributed by atoms with Crippen molar-refractivity contribution in [1.82, 2.24) is 19.6 Å². The van der Waals surface area contributed by atoms with Gasteiger partial charge < -0.3 is 9.47 Å². The molecule has 0 amide bonds. The molecule has 0 spiro atoms. The van der Waals surface area contributed by atoms with Crippen LogP contribution >= 0.6 is 11.3 Å². The van der Waals surface area contributed by atoms with Crippen LogP contribution in [0.2, 0.25) is 0 Å². The van der Waals surface area contributed by atoms with E-state index in [4.69, 9.17) is 4.74 Å². The number of rotatable bonds is 4. The highest BCUT2D eigenvalue weighted by molar-refractivity contribution is 7.18. The molecule has 0 aliphatic heterocycles. The summed E-state index contributed by atoms with van der Waals surface area (Å²) in [5.41, 5.74) is 2.46. The molecular formula is C17H14F2N4O2S. The standard InChI is InChI=1S/C17H14F2N4O2S/c1-8-9(2)26-16-13(8)15-21-14(22-23(15)7-20-16)10-4-5-11(25-17(18)19)12(6-10)24-3/h4-7,17H,1-3H3. The molecule has 0 aliphatic rings. The van der Waals surface area contributed by atoms with Crippen LogP contribution in [0.3, 0.4) is 0 Å². The molecule has 0 fully saturated rings. The third-order valence-electron chi connectivity index (χ3n) is 4.14. The van der Waals surface area contributed by atoms with Gasteiger partial charge in [0, 0.05) is 10.4 Å². The maximum absolute atomic E-state index is 12.5. The average molecular weight is 376 g/mol. The lowest BCUT2D eigenvalue weighted by Gasteiger charge is -2.10. The highest BCUT2D eigenvalue weighted by Crippen LogP contribution is 2.34. The molecule has 134 valence electrons. The number of aromatic nitrogens is 4. The summed E-state index contributed by atoms with van der Waals surface area (Å²) < 4.78 is 36.2. The minimum Gasteiger partial charge on any atom is -0.493 e. The Morgan fingerprint density at radius 2 is 2.00 bits per heavy atom. The maximum atomic E-state index is 12.5. The van der Waals surface area contributed by atoms with Crippen molar-refractivity contribution in [3.63, 3.8) is 0 Å². The summed E-state index contributed by atoms with van der Waals surface area (Å²) in [6.07, 6.45) is 1.62. The zero-order valence-corrected chi connectivity index (χ0v) is 15.0. The fraction of sp³-hybridized carbons (Fsp3) is 0.235. The molecule has 6 nitrogen and oxygen atoms in total. The van der Waals surface area contributed by atoms with E-state index in [1.54, 1.807) is 34.3 Å². The van der Waals surface area contributed by atoms with Gasteiger partial charge in [0.1, 0.15) is 11.2 Å². The van der Waals surface area contributed by atoms with E-state index in [0.29, 0.717) is 17.0 Å². The van der Waals surface area contributed by atoms with Crippen molar-refractivity contribution in [2.75, 3.05) is 7.11 Å². The summed E-state index contributed by atoms with van der Waals surface area (Å²) in [6.45, 7) is 1.15. The first-order chi connectivity index (χ1) is 12.5. The van der Waals surface area contributed by atoms with E-state index in [9.17, 15) is 8.78 Å². The zero-order chi connectivity index (χ0) is 18.4. The Kier molecular flexibility index (Phi) is 3.95. The Balaban J connectivity index is 1.85. The van der Waals surface area contributed by atoms with Crippen molar-refractivity contribution >= 4 is 27.2 Å². The quantitative estimate of drug-likeness (QED) is 0.533. The lowest BCUT2D eigenvalue weighted by atomic mass is 10.2. The predicted octanol–water partition coefficient (Wildman–Crippen LogP) is 4.23. The van der Waals surface area contributed by atoms with Gasteiger partial charge in [-0.3, -0.25) is 0 Å². The van der Waals surface area contributed by atoms with E-state index in [2.05, 4.69) is 19.8 Å². The molecule has 0 aliphatic carbocycles. The van der Waals surface area contributed by atoms with E-state index in [1.165, 1.54) is 18.1 Å². The third-order valence-corrected chi connectivity index (χ3v) is 5.26. The molecule has 4 rings (SSSR count). The number of alkyl halides is 2. The third kappa shape index (κ3) is 2.64. The molecule has 0 atom stereocenters. The van der Waals surface area contributed by atoms with Crippen LogP contribution in [-0.4, -0.2) is 33.3 Å². The van der Waals surface area contributed by atoms with Crippen LogP contribution in [0.25, 0.3) is 27.3 Å². The summed E-state index contributed by atoms with van der Waals surface area (Å²) in [4.78, 5) is 11.1. The largest absolute Gasteiger partial charge is 0.493 e. The summed E-state index contributed by atoms with van der Waals surface area (Å²) in [7, 11) is 1.39. The fourth-order valence-corrected chi connectivity index (χ4v) is 3.76. The van der Waals surface area contributed by atoms with Gasteiger partial charge in [0.25, 0.3) is 0 Å². The summed E-state index contributed by atoms with van der Waals surface area (Å²) in [5, 5.41) is 5.42. The van der Waals surface area contributed by atoms with Crippen LogP contribution < -0.4 is 9.47 Å². The second-order valence-electron chi connectivity index (χ2n) is 5.66. The normalized spacial score (nSPS) is 11.6. The number of benzene rings is 1. The van der Waals surface area contributed by atoms with Crippen LogP contribution in [-0.2, 0) is 0 Å². The van der Waals surface area contributed by atoms with Gasteiger partial charge in [-0.15, -0.1) is 16.4 Å². The second kappa shape index (κ2) is 6.17. The van der Waals surface area contributed by atoms with E-state index < -0.39 is 6.61 Å². The molecule has 9 heteroatoms. The van der Waals surface area contributed by atoms with E-state index in [1.807, 2.05) is 13.8 Å². The van der Waals surface area contributed by atoms with E-state index >= 15 is 0 Å². The van der Waals surface area contributed by atoms with Crippen molar-refractivity contribution in [2.45, 2.75) is 20.5 Å². The number of ether oxygens (including phenoxy) is 2. The molecule has 0 bridgehead atoms. The molecule has 3 aromatic heterocycles. The van der Waals surface area contributed by atoms with Gasteiger partial charge in [0.05, 0.1) is 12.5 Å². The molecule has 3 heterocycles. The Morgan fingerprint density at radius 1 is 1.19 bits per heavy atom. The molecule has 0 saturated heterocycles. The number of hydrogen-bond donors (Lipinski definition) is 0. The van der Waals surface area contributed by atoms with Crippen LogP contribution in [0, 0.1) is 13.8 Å². The van der Waals surface area contributed by atoms with Gasteiger partial charge in [-0.05, 0) is 37.6 Å². The number of thiophene rings is 1. The first-order valence-corrected chi connectivity index (χ1v) is 8.54. The average Bonchev–Trinajstić information content (AvgIpc) is 3.16. The molecule has 26 heavy (non-hydrogen) atoms. The molecule has 4 aromatic rings. The highest BCUT2D eigenvalue weighted by atomic mass is 32.1. The van der Waals surface area contributed by atoms with Crippen molar-refractivity contribution in [3.8, 4) is 22.9 Å². The molecule has 0 radical (unpaired) electrons. The van der Waals surface area contributed by atoms with Crippen LogP contribution in [0.1, 0.15) is 10.4 Å². The Morgan fingerprint density at radius 3 is 2.73 bits per heavy atom. The lowest BCUT2D eigenvalue weighted by molar-refractivity contribution is -0.0512. The van der Waals surface area contributed by atoms with Crippen LogP contribution in [0.4, 0.5) is 8.78 Å². The molecular weight excluding hydrogens is 362 g/mol. The van der Waals surface area contributed by atoms with Gasteiger partial charge >= 0.3 is 6.61 Å². The second-order valence-corrected chi connectivity index (χ2v) is 6.86. The van der Waals surface area contributed by atoms with E-state index in [0.717, 1.165) is 15.8 Å². The minimum atomic E-state index is -2.92. The van der Waals surface area contributed by atoms with Crippen molar-refractivity contribution in [3.05, 3.63) is 35.0 Å². The SMILES string of the molecule is COc1cc(-c2nc3c4c(C)c(C)sc4ncn3n2)ccc1OC(F)F. The van der Waals surface area contributed by atoms with Crippen molar-refractivity contribution < 1.29 is 18.3 Å². The number of fused-ring (bicyclic) bond motifs is 3. The number of nitrogens with zero attached hydrogens (tertiary/aromatic N) is 4. The molecule has 1 aromatic carbocycles. The number of aryl methyl sites for hydroxylation is 2. The Bertz CT molecular complexity index is 1120. The van der Waals surface area contributed by atoms with Crippen molar-refractivity contribution in [2.24, 2.45) is 0 Å². The van der Waals surface area contributed by atoms with Crippen molar-refractivity contribution in [1.29, 1.82) is 0 Å². The lowest BCUT2D eigenvalue weighted by Crippen LogP contribution is -2.03. The summed E-state index contributed by atoms with van der Waals surface area (Å²) in [6, 6.07) is 4.61. The number of methoxy groups -OCH3 is 1. The minimum absolute atomic E-state index is 0.0385. The van der Waals surface area contributed by atoms with E-state index in [-0.39, 0.29) is 11.5 Å². The highest BCUT2D eigenvalue weighted by Gasteiger charge is 2.17. The van der Waals surface area contributed by atoms with Gasteiger partial charge in [0.15, 0.2) is 23.0 Å². The molecule has 0 unspecified atom stereocenters. The number of halogens is 2. The van der Waals surface area contributed by atoms with Crippen LogP contribution in [0.15, 0.2) is 24.5 Å². The zero-order valence-electron chi connectivity index (χ0n) is 14.2. The Hall–Kier alpha value is -2.81. The van der Waals surface area contributed by atoms with Crippen LogP contribution in [0.5, 0.6) is 11.5 Å². The predicted molar refractivity (Wildman–Crippen MR) is 94.3 cm³/mol. The molecule has 0 N–H and O–H groups in total.